The van der Waals surface area contributed by atoms with Gasteiger partial charge in [0.05, 0.1) is 5.02 Å². The second-order valence-corrected chi connectivity index (χ2v) is 5.74. The standard InChI is InChI=1S/C13H16Cl2N4O/c1-8(2)7-19-5-4-16-13(19)17-12(20)10-6-9(14)11(15)18(10)3/h4-6,8H,7H2,1-3H3,(H,16,17,20). The molecule has 2 rings (SSSR count). The number of halogens is 2. The SMILES string of the molecule is CC(C)Cn1ccnc1NC(=O)c1cc(Cl)c(Cl)n1C. The van der Waals surface area contributed by atoms with Crippen molar-refractivity contribution in [2.24, 2.45) is 13.0 Å². The van der Waals surface area contributed by atoms with Gasteiger partial charge in [-0.3, -0.25) is 10.1 Å². The smallest absolute Gasteiger partial charge is 0.274 e. The van der Waals surface area contributed by atoms with Crippen molar-refractivity contribution in [2.75, 3.05) is 5.32 Å². The Labute approximate surface area is 127 Å². The van der Waals surface area contributed by atoms with Gasteiger partial charge in [-0.15, -0.1) is 0 Å². The molecule has 1 N–H and O–H groups in total. The van der Waals surface area contributed by atoms with E-state index in [4.69, 9.17) is 23.2 Å². The summed E-state index contributed by atoms with van der Waals surface area (Å²) in [6.07, 6.45) is 3.49. The van der Waals surface area contributed by atoms with E-state index in [1.165, 1.54) is 10.6 Å². The van der Waals surface area contributed by atoms with Crippen molar-refractivity contribution in [2.45, 2.75) is 20.4 Å². The fraction of sp³-hybridized carbons (Fsp3) is 0.385. The van der Waals surface area contributed by atoms with Crippen LogP contribution >= 0.6 is 23.2 Å². The largest absolute Gasteiger partial charge is 0.329 e. The van der Waals surface area contributed by atoms with Gasteiger partial charge in [0.25, 0.3) is 5.91 Å². The summed E-state index contributed by atoms with van der Waals surface area (Å²) < 4.78 is 3.43. The van der Waals surface area contributed by atoms with Crippen molar-refractivity contribution in [1.82, 2.24) is 14.1 Å². The average Bonchev–Trinajstić information content (AvgIpc) is 2.89. The Kier molecular flexibility index (Phi) is 4.40. The molecule has 0 saturated carbocycles. The van der Waals surface area contributed by atoms with Crippen LogP contribution in [-0.2, 0) is 13.6 Å². The summed E-state index contributed by atoms with van der Waals surface area (Å²) in [5.41, 5.74) is 0.388. The third kappa shape index (κ3) is 2.99. The van der Waals surface area contributed by atoms with Gasteiger partial charge >= 0.3 is 0 Å². The average molecular weight is 315 g/mol. The number of nitrogens with zero attached hydrogens (tertiary/aromatic N) is 3. The second-order valence-electron chi connectivity index (χ2n) is 4.98. The summed E-state index contributed by atoms with van der Waals surface area (Å²) in [7, 11) is 1.68. The van der Waals surface area contributed by atoms with Crippen molar-refractivity contribution in [1.29, 1.82) is 0 Å². The van der Waals surface area contributed by atoms with Crippen LogP contribution in [0.4, 0.5) is 5.95 Å². The molecule has 0 fully saturated rings. The Morgan fingerprint density at radius 2 is 2.15 bits per heavy atom. The van der Waals surface area contributed by atoms with E-state index in [-0.39, 0.29) is 5.91 Å². The van der Waals surface area contributed by atoms with Crippen molar-refractivity contribution >= 4 is 35.1 Å². The van der Waals surface area contributed by atoms with Crippen LogP contribution < -0.4 is 5.32 Å². The summed E-state index contributed by atoms with van der Waals surface area (Å²) in [5.74, 6) is 0.674. The minimum Gasteiger partial charge on any atom is -0.329 e. The zero-order valence-electron chi connectivity index (χ0n) is 11.5. The molecule has 5 nitrogen and oxygen atoms in total. The molecule has 2 heterocycles. The first kappa shape index (κ1) is 14.9. The van der Waals surface area contributed by atoms with Crippen LogP contribution in [0.2, 0.25) is 10.2 Å². The number of imidazole rings is 1. The first-order chi connectivity index (χ1) is 9.40. The predicted octanol–water partition coefficient (Wildman–Crippen LogP) is 3.44. The van der Waals surface area contributed by atoms with Crippen LogP contribution in [0.15, 0.2) is 18.5 Å². The Morgan fingerprint density at radius 3 is 2.70 bits per heavy atom. The molecule has 0 radical (unpaired) electrons. The van der Waals surface area contributed by atoms with Crippen LogP contribution in [0.25, 0.3) is 0 Å². The number of amides is 1. The van der Waals surface area contributed by atoms with Crippen LogP contribution in [0.5, 0.6) is 0 Å². The van der Waals surface area contributed by atoms with Gasteiger partial charge in [0.15, 0.2) is 0 Å². The molecule has 2 aromatic heterocycles. The highest BCUT2D eigenvalue weighted by Crippen LogP contribution is 2.25. The summed E-state index contributed by atoms with van der Waals surface area (Å²) in [6.45, 7) is 4.98. The molecule has 2 aromatic rings. The molecule has 0 saturated heterocycles. The summed E-state index contributed by atoms with van der Waals surface area (Å²) in [6, 6.07) is 1.54. The molecule has 0 aliphatic carbocycles. The molecule has 7 heteroatoms. The Morgan fingerprint density at radius 1 is 1.45 bits per heavy atom. The van der Waals surface area contributed by atoms with Gasteiger partial charge in [-0.2, -0.15) is 0 Å². The van der Waals surface area contributed by atoms with Gasteiger partial charge in [-0.1, -0.05) is 37.0 Å². The highest BCUT2D eigenvalue weighted by atomic mass is 35.5. The minimum absolute atomic E-state index is 0.294. The monoisotopic (exact) mass is 314 g/mol. The van der Waals surface area contributed by atoms with Crippen LogP contribution in [0, 0.1) is 5.92 Å². The van der Waals surface area contributed by atoms with E-state index < -0.39 is 0 Å². The zero-order valence-corrected chi connectivity index (χ0v) is 13.0. The predicted molar refractivity (Wildman–Crippen MR) is 80.5 cm³/mol. The van der Waals surface area contributed by atoms with E-state index in [1.54, 1.807) is 13.2 Å². The number of rotatable bonds is 4. The second kappa shape index (κ2) is 5.89. The fourth-order valence-electron chi connectivity index (χ4n) is 1.90. The topological polar surface area (TPSA) is 51.9 Å². The lowest BCUT2D eigenvalue weighted by molar-refractivity contribution is 0.101. The lowest BCUT2D eigenvalue weighted by atomic mass is 10.2. The van der Waals surface area contributed by atoms with Crippen LogP contribution in [0.1, 0.15) is 24.3 Å². The van der Waals surface area contributed by atoms with Crippen molar-refractivity contribution < 1.29 is 4.79 Å². The highest BCUT2D eigenvalue weighted by molar-refractivity contribution is 6.42. The normalized spacial score (nSPS) is 11.1. The number of hydrogen-bond donors (Lipinski definition) is 1. The molecular weight excluding hydrogens is 299 g/mol. The zero-order chi connectivity index (χ0) is 14.9. The Bertz CT molecular complexity index is 630. The van der Waals surface area contributed by atoms with E-state index in [0.29, 0.717) is 27.7 Å². The lowest BCUT2D eigenvalue weighted by Gasteiger charge is -2.11. The molecule has 20 heavy (non-hydrogen) atoms. The van der Waals surface area contributed by atoms with Crippen molar-refractivity contribution in [3.8, 4) is 0 Å². The summed E-state index contributed by atoms with van der Waals surface area (Å²) >= 11 is 11.9. The van der Waals surface area contributed by atoms with E-state index >= 15 is 0 Å². The summed E-state index contributed by atoms with van der Waals surface area (Å²) in [5, 5.41) is 3.46. The third-order valence-corrected chi connectivity index (χ3v) is 3.69. The van der Waals surface area contributed by atoms with Gasteiger partial charge in [0.2, 0.25) is 5.95 Å². The van der Waals surface area contributed by atoms with E-state index in [1.807, 2.05) is 10.8 Å². The molecule has 1 amide bonds. The van der Waals surface area contributed by atoms with Gasteiger partial charge in [-0.05, 0) is 12.0 Å². The van der Waals surface area contributed by atoms with E-state index in [9.17, 15) is 4.79 Å². The maximum atomic E-state index is 12.2. The molecule has 0 aliphatic rings. The number of carbonyl (C=O) groups is 1. The molecule has 0 bridgehead atoms. The first-order valence-electron chi connectivity index (χ1n) is 6.23. The molecule has 108 valence electrons. The number of aromatic nitrogens is 3. The molecule has 0 aliphatic heterocycles. The van der Waals surface area contributed by atoms with Crippen LogP contribution in [-0.4, -0.2) is 20.0 Å². The quantitative estimate of drug-likeness (QED) is 0.939. The molecule has 0 spiro atoms. The first-order valence-corrected chi connectivity index (χ1v) is 6.99. The number of nitrogens with one attached hydrogen (secondary N) is 1. The molecule has 0 atom stereocenters. The highest BCUT2D eigenvalue weighted by Gasteiger charge is 2.17. The maximum absolute atomic E-state index is 12.2. The fourth-order valence-corrected chi connectivity index (χ4v) is 2.28. The summed E-state index contributed by atoms with van der Waals surface area (Å²) in [4.78, 5) is 16.4. The number of carbonyl (C=O) groups excluding carboxylic acids is 1. The third-order valence-electron chi connectivity index (χ3n) is 2.85. The molecule has 0 unspecified atom stereocenters. The lowest BCUT2D eigenvalue weighted by Crippen LogP contribution is -2.19. The van der Waals surface area contributed by atoms with E-state index in [0.717, 1.165) is 6.54 Å². The maximum Gasteiger partial charge on any atom is 0.274 e. The van der Waals surface area contributed by atoms with Gasteiger partial charge in [0, 0.05) is 26.0 Å². The van der Waals surface area contributed by atoms with Crippen molar-refractivity contribution in [3.63, 3.8) is 0 Å². The number of hydrogen-bond acceptors (Lipinski definition) is 2. The molecule has 0 aromatic carbocycles. The number of anilines is 1. The van der Waals surface area contributed by atoms with Crippen LogP contribution in [0.3, 0.4) is 0 Å². The molecular formula is C13H16Cl2N4O. The van der Waals surface area contributed by atoms with E-state index in [2.05, 4.69) is 24.1 Å². The van der Waals surface area contributed by atoms with Crippen molar-refractivity contribution in [3.05, 3.63) is 34.3 Å². The Hall–Kier alpha value is -1.46. The van der Waals surface area contributed by atoms with Gasteiger partial charge in [0.1, 0.15) is 10.8 Å². The Balaban J connectivity index is 2.20. The minimum atomic E-state index is -0.294. The van der Waals surface area contributed by atoms with Gasteiger partial charge in [-0.25, -0.2) is 4.98 Å². The van der Waals surface area contributed by atoms with Gasteiger partial charge < -0.3 is 9.13 Å².